The van der Waals surface area contributed by atoms with Crippen molar-refractivity contribution in [1.82, 2.24) is 15.5 Å². The molecule has 0 aliphatic carbocycles. The summed E-state index contributed by atoms with van der Waals surface area (Å²) in [6.45, 7) is 7.95. The molecule has 150 valence electrons. The van der Waals surface area contributed by atoms with Crippen molar-refractivity contribution < 1.29 is 14.3 Å². The largest absolute Gasteiger partial charge is 0.379 e. The second kappa shape index (κ2) is 10.7. The van der Waals surface area contributed by atoms with Gasteiger partial charge in [-0.15, -0.1) is 0 Å². The van der Waals surface area contributed by atoms with Crippen molar-refractivity contribution >= 4 is 23.6 Å². The molecule has 1 aliphatic rings. The van der Waals surface area contributed by atoms with Crippen LogP contribution >= 0.6 is 11.8 Å². The Hall–Kier alpha value is -1.57. The molecular formula is C20H31N3O3S. The predicted molar refractivity (Wildman–Crippen MR) is 110 cm³/mol. The van der Waals surface area contributed by atoms with E-state index in [1.165, 1.54) is 0 Å². The van der Waals surface area contributed by atoms with Gasteiger partial charge in [0.15, 0.2) is 0 Å². The van der Waals surface area contributed by atoms with Gasteiger partial charge in [-0.2, -0.15) is 11.8 Å². The number of hydrogen-bond acceptors (Lipinski definition) is 5. The lowest BCUT2D eigenvalue weighted by atomic mass is 10.0. The summed E-state index contributed by atoms with van der Waals surface area (Å²) in [7, 11) is 0. The standard InChI is InChI=1S/C20H31N3O3S/c1-20(2,23-10-12-26-13-11-23)15-21-19(25)17(9-14-27-3)22-18(24)16-7-5-4-6-8-16/h4-8,17H,9-15H2,1-3H3,(H,21,25)(H,22,24)/t17-/m0/s1. The van der Waals surface area contributed by atoms with Gasteiger partial charge in [-0.05, 0) is 44.4 Å². The molecule has 1 atom stereocenters. The van der Waals surface area contributed by atoms with Gasteiger partial charge < -0.3 is 15.4 Å². The molecule has 0 radical (unpaired) electrons. The minimum Gasteiger partial charge on any atom is -0.379 e. The van der Waals surface area contributed by atoms with Crippen LogP contribution in [0, 0.1) is 0 Å². The third-order valence-corrected chi connectivity index (χ3v) is 5.47. The normalized spacial score (nSPS) is 16.6. The Balaban J connectivity index is 1.94. The first-order valence-electron chi connectivity index (χ1n) is 9.39. The zero-order valence-corrected chi connectivity index (χ0v) is 17.3. The van der Waals surface area contributed by atoms with Gasteiger partial charge in [0, 0.05) is 30.7 Å². The highest BCUT2D eigenvalue weighted by Crippen LogP contribution is 2.15. The quantitative estimate of drug-likeness (QED) is 0.669. The molecule has 1 saturated heterocycles. The third-order valence-electron chi connectivity index (χ3n) is 4.83. The number of carbonyl (C=O) groups excluding carboxylic acids is 2. The first kappa shape index (κ1) is 21.7. The lowest BCUT2D eigenvalue weighted by Gasteiger charge is -2.41. The molecule has 0 saturated carbocycles. The Morgan fingerprint density at radius 1 is 1.22 bits per heavy atom. The summed E-state index contributed by atoms with van der Waals surface area (Å²) >= 11 is 1.66. The van der Waals surface area contributed by atoms with E-state index in [0.717, 1.165) is 32.1 Å². The Morgan fingerprint density at radius 3 is 2.52 bits per heavy atom. The van der Waals surface area contributed by atoms with E-state index < -0.39 is 6.04 Å². The smallest absolute Gasteiger partial charge is 0.251 e. The molecule has 2 N–H and O–H groups in total. The highest BCUT2D eigenvalue weighted by atomic mass is 32.2. The minimum absolute atomic E-state index is 0.130. The summed E-state index contributed by atoms with van der Waals surface area (Å²) in [5, 5.41) is 5.93. The fourth-order valence-corrected chi connectivity index (χ4v) is 3.51. The number of rotatable bonds is 9. The van der Waals surface area contributed by atoms with Gasteiger partial charge in [-0.3, -0.25) is 14.5 Å². The number of nitrogens with zero attached hydrogens (tertiary/aromatic N) is 1. The molecule has 27 heavy (non-hydrogen) atoms. The predicted octanol–water partition coefficient (Wildman–Crippen LogP) is 1.77. The van der Waals surface area contributed by atoms with Gasteiger partial charge in [0.1, 0.15) is 6.04 Å². The maximum Gasteiger partial charge on any atom is 0.251 e. The Morgan fingerprint density at radius 2 is 1.89 bits per heavy atom. The molecule has 0 unspecified atom stereocenters. The second-order valence-electron chi connectivity index (χ2n) is 7.30. The first-order chi connectivity index (χ1) is 12.9. The van der Waals surface area contributed by atoms with Crippen LogP contribution in [0.5, 0.6) is 0 Å². The van der Waals surface area contributed by atoms with Crippen LogP contribution in [0.3, 0.4) is 0 Å². The monoisotopic (exact) mass is 393 g/mol. The van der Waals surface area contributed by atoms with E-state index >= 15 is 0 Å². The van der Waals surface area contributed by atoms with Gasteiger partial charge in [-0.1, -0.05) is 18.2 Å². The van der Waals surface area contributed by atoms with Gasteiger partial charge in [0.05, 0.1) is 13.2 Å². The van der Waals surface area contributed by atoms with E-state index in [-0.39, 0.29) is 17.4 Å². The molecule has 7 heteroatoms. The molecule has 0 bridgehead atoms. The first-order valence-corrected chi connectivity index (χ1v) is 10.8. The number of carbonyl (C=O) groups is 2. The molecule has 0 aromatic heterocycles. The fraction of sp³-hybridized carbons (Fsp3) is 0.600. The molecule has 1 fully saturated rings. The molecule has 1 aliphatic heterocycles. The average Bonchev–Trinajstić information content (AvgIpc) is 2.70. The summed E-state index contributed by atoms with van der Waals surface area (Å²) < 4.78 is 5.41. The number of morpholine rings is 1. The molecule has 2 rings (SSSR count). The van der Waals surface area contributed by atoms with Crippen LogP contribution in [0.1, 0.15) is 30.6 Å². The lowest BCUT2D eigenvalue weighted by molar-refractivity contribution is -0.123. The highest BCUT2D eigenvalue weighted by Gasteiger charge is 2.30. The number of ether oxygens (including phenoxy) is 1. The van der Waals surface area contributed by atoms with Crippen molar-refractivity contribution in [3.8, 4) is 0 Å². The minimum atomic E-state index is -0.536. The molecule has 6 nitrogen and oxygen atoms in total. The maximum atomic E-state index is 12.8. The van der Waals surface area contributed by atoms with Crippen LogP contribution in [0.2, 0.25) is 0 Å². The summed E-state index contributed by atoms with van der Waals surface area (Å²) in [6.07, 6.45) is 2.60. The Bertz CT molecular complexity index is 604. The van der Waals surface area contributed by atoms with Crippen LogP contribution in [-0.2, 0) is 9.53 Å². The summed E-state index contributed by atoms with van der Waals surface area (Å²) in [5.74, 6) is 0.457. The van der Waals surface area contributed by atoms with E-state index in [1.807, 2.05) is 24.5 Å². The van der Waals surface area contributed by atoms with Crippen molar-refractivity contribution in [2.75, 3.05) is 44.9 Å². The molecule has 2 amide bonds. The van der Waals surface area contributed by atoms with Crippen LogP contribution in [-0.4, -0.2) is 73.2 Å². The van der Waals surface area contributed by atoms with Crippen LogP contribution < -0.4 is 10.6 Å². The SMILES string of the molecule is CSCC[C@H](NC(=O)c1ccccc1)C(=O)NCC(C)(C)N1CCOCC1. The number of nitrogens with one attached hydrogen (secondary N) is 2. The van der Waals surface area contributed by atoms with Gasteiger partial charge in [-0.25, -0.2) is 0 Å². The third kappa shape index (κ3) is 6.83. The topological polar surface area (TPSA) is 70.7 Å². The molecular weight excluding hydrogens is 362 g/mol. The summed E-state index contributed by atoms with van der Waals surface area (Å²) in [6, 6.07) is 8.46. The van der Waals surface area contributed by atoms with E-state index in [4.69, 9.17) is 4.74 Å². The summed E-state index contributed by atoms with van der Waals surface area (Å²) in [4.78, 5) is 27.5. The number of amides is 2. The fourth-order valence-electron chi connectivity index (χ4n) is 3.04. The lowest BCUT2D eigenvalue weighted by Crippen LogP contribution is -2.57. The van der Waals surface area contributed by atoms with E-state index in [2.05, 4.69) is 29.4 Å². The molecule has 1 heterocycles. The van der Waals surface area contributed by atoms with Gasteiger partial charge in [0.2, 0.25) is 5.91 Å². The van der Waals surface area contributed by atoms with Crippen LogP contribution in [0.25, 0.3) is 0 Å². The van der Waals surface area contributed by atoms with Crippen molar-refractivity contribution in [3.63, 3.8) is 0 Å². The Kier molecular flexibility index (Phi) is 8.60. The van der Waals surface area contributed by atoms with Gasteiger partial charge in [0.25, 0.3) is 5.91 Å². The second-order valence-corrected chi connectivity index (χ2v) is 8.29. The molecule has 1 aromatic carbocycles. The van der Waals surface area contributed by atoms with Crippen molar-refractivity contribution in [2.45, 2.75) is 31.8 Å². The maximum absolute atomic E-state index is 12.8. The Labute approximate surface area is 166 Å². The van der Waals surface area contributed by atoms with Gasteiger partial charge >= 0.3 is 0 Å². The number of thioether (sulfide) groups is 1. The van der Waals surface area contributed by atoms with E-state index in [1.54, 1.807) is 23.9 Å². The van der Waals surface area contributed by atoms with Crippen molar-refractivity contribution in [2.24, 2.45) is 0 Å². The van der Waals surface area contributed by atoms with E-state index in [9.17, 15) is 9.59 Å². The average molecular weight is 394 g/mol. The number of hydrogen-bond donors (Lipinski definition) is 2. The van der Waals surface area contributed by atoms with Crippen LogP contribution in [0.4, 0.5) is 0 Å². The molecule has 0 spiro atoms. The zero-order chi connectivity index (χ0) is 19.7. The molecule has 1 aromatic rings. The van der Waals surface area contributed by atoms with Crippen molar-refractivity contribution in [1.29, 1.82) is 0 Å². The van der Waals surface area contributed by atoms with Crippen molar-refractivity contribution in [3.05, 3.63) is 35.9 Å². The number of benzene rings is 1. The van der Waals surface area contributed by atoms with Crippen LogP contribution in [0.15, 0.2) is 30.3 Å². The summed E-state index contributed by atoms with van der Waals surface area (Å²) in [5.41, 5.74) is 0.403. The zero-order valence-electron chi connectivity index (χ0n) is 16.5. The highest BCUT2D eigenvalue weighted by molar-refractivity contribution is 7.98. The van der Waals surface area contributed by atoms with E-state index in [0.29, 0.717) is 18.5 Å².